The maximum absolute atomic E-state index is 12.9. The van der Waals surface area contributed by atoms with Crippen LogP contribution in [0.4, 0.5) is 0 Å². The molecule has 9 heteroatoms. The molecule has 1 aliphatic rings. The molecule has 0 atom stereocenters. The average molecular weight is 443 g/mol. The number of benzene rings is 2. The summed E-state index contributed by atoms with van der Waals surface area (Å²) in [6.07, 6.45) is 0.610. The van der Waals surface area contributed by atoms with Crippen molar-refractivity contribution >= 4 is 39.1 Å². The van der Waals surface area contributed by atoms with Gasteiger partial charge in [0.15, 0.2) is 0 Å². The molecule has 1 N–H and O–H groups in total. The molecule has 0 aliphatic carbocycles. The highest BCUT2D eigenvalue weighted by molar-refractivity contribution is 7.89. The number of halogens is 2. The molecule has 1 saturated heterocycles. The van der Waals surface area contributed by atoms with Crippen LogP contribution >= 0.6 is 23.2 Å². The van der Waals surface area contributed by atoms with Crippen molar-refractivity contribution < 1.29 is 17.9 Å². The molecule has 6 nitrogen and oxygen atoms in total. The van der Waals surface area contributed by atoms with Gasteiger partial charge in [0.25, 0.3) is 5.91 Å². The van der Waals surface area contributed by atoms with Crippen LogP contribution in [-0.2, 0) is 21.2 Å². The number of nitrogens with one attached hydrogen (secondary N) is 1. The zero-order valence-corrected chi connectivity index (χ0v) is 17.4. The maximum atomic E-state index is 12.9. The monoisotopic (exact) mass is 442 g/mol. The minimum Gasteiger partial charge on any atom is -0.379 e. The molecule has 0 bridgehead atoms. The summed E-state index contributed by atoms with van der Waals surface area (Å²) in [6, 6.07) is 11.7. The van der Waals surface area contributed by atoms with Gasteiger partial charge in [-0.25, -0.2) is 8.42 Å². The van der Waals surface area contributed by atoms with Gasteiger partial charge in [0.2, 0.25) is 10.0 Å². The highest BCUT2D eigenvalue weighted by atomic mass is 35.5. The van der Waals surface area contributed by atoms with E-state index in [-0.39, 0.29) is 34.5 Å². The first-order valence-electron chi connectivity index (χ1n) is 8.78. The van der Waals surface area contributed by atoms with E-state index < -0.39 is 10.0 Å². The number of ether oxygens (including phenoxy) is 1. The molecule has 0 saturated carbocycles. The fourth-order valence-electron chi connectivity index (χ4n) is 2.88. The third-order valence-corrected chi connectivity index (χ3v) is 6.98. The lowest BCUT2D eigenvalue weighted by atomic mass is 10.1. The van der Waals surface area contributed by atoms with Gasteiger partial charge in [-0.15, -0.1) is 0 Å². The number of carbonyl (C=O) groups excluding carboxylic acids is 1. The Morgan fingerprint density at radius 1 is 1.11 bits per heavy atom. The van der Waals surface area contributed by atoms with Gasteiger partial charge in [-0.05, 0) is 42.3 Å². The zero-order chi connectivity index (χ0) is 20.1. The fraction of sp³-hybridized carbons (Fsp3) is 0.316. The van der Waals surface area contributed by atoms with E-state index in [1.165, 1.54) is 22.5 Å². The molecule has 1 aliphatic heterocycles. The fourth-order valence-corrected chi connectivity index (χ4v) is 5.00. The van der Waals surface area contributed by atoms with Gasteiger partial charge >= 0.3 is 0 Å². The highest BCUT2D eigenvalue weighted by Crippen LogP contribution is 2.26. The van der Waals surface area contributed by atoms with Crippen LogP contribution < -0.4 is 5.32 Å². The van der Waals surface area contributed by atoms with Crippen LogP contribution in [0.3, 0.4) is 0 Å². The van der Waals surface area contributed by atoms with Crippen LogP contribution in [0.15, 0.2) is 47.4 Å². The first-order chi connectivity index (χ1) is 13.4. The van der Waals surface area contributed by atoms with Crippen molar-refractivity contribution in [3.05, 3.63) is 63.6 Å². The number of rotatable bonds is 6. The minimum absolute atomic E-state index is 0.0708. The molecular weight excluding hydrogens is 423 g/mol. The Hall–Kier alpha value is -1.64. The van der Waals surface area contributed by atoms with Crippen molar-refractivity contribution in [2.45, 2.75) is 11.3 Å². The molecule has 0 radical (unpaired) electrons. The number of amides is 1. The number of morpholine rings is 1. The van der Waals surface area contributed by atoms with E-state index in [4.69, 9.17) is 27.9 Å². The van der Waals surface area contributed by atoms with Crippen LogP contribution in [0.1, 0.15) is 15.9 Å². The molecular formula is C19H20Cl2N2O4S. The summed E-state index contributed by atoms with van der Waals surface area (Å²) in [5.41, 5.74) is 1.24. The summed E-state index contributed by atoms with van der Waals surface area (Å²) in [4.78, 5) is 12.4. The Balaban J connectivity index is 1.70. The predicted molar refractivity (Wildman–Crippen MR) is 109 cm³/mol. The Morgan fingerprint density at radius 3 is 2.57 bits per heavy atom. The number of sulfonamides is 1. The summed E-state index contributed by atoms with van der Waals surface area (Å²) in [5.74, 6) is -0.364. The molecule has 3 rings (SSSR count). The van der Waals surface area contributed by atoms with E-state index >= 15 is 0 Å². The quantitative estimate of drug-likeness (QED) is 0.745. The van der Waals surface area contributed by atoms with Gasteiger partial charge in [-0.3, -0.25) is 4.79 Å². The zero-order valence-electron chi connectivity index (χ0n) is 15.0. The molecule has 2 aromatic rings. The van der Waals surface area contributed by atoms with Gasteiger partial charge < -0.3 is 10.1 Å². The lowest BCUT2D eigenvalue weighted by Crippen LogP contribution is -2.40. The molecule has 0 aromatic heterocycles. The summed E-state index contributed by atoms with van der Waals surface area (Å²) < 4.78 is 32.2. The number of nitrogens with zero attached hydrogens (tertiary/aromatic N) is 1. The van der Waals surface area contributed by atoms with Gasteiger partial charge in [-0.1, -0.05) is 35.3 Å². The molecule has 1 amide bonds. The van der Waals surface area contributed by atoms with Crippen LogP contribution in [0.25, 0.3) is 0 Å². The van der Waals surface area contributed by atoms with Crippen molar-refractivity contribution in [3.8, 4) is 0 Å². The number of hydrogen-bond acceptors (Lipinski definition) is 4. The van der Waals surface area contributed by atoms with Crippen LogP contribution in [0, 0.1) is 0 Å². The molecule has 1 heterocycles. The Labute approximate surface area is 174 Å². The van der Waals surface area contributed by atoms with Gasteiger partial charge in [0.05, 0.1) is 18.2 Å². The van der Waals surface area contributed by atoms with Crippen molar-refractivity contribution in [1.82, 2.24) is 9.62 Å². The van der Waals surface area contributed by atoms with Crippen LogP contribution in [0.5, 0.6) is 0 Å². The lowest BCUT2D eigenvalue weighted by Gasteiger charge is -2.26. The summed E-state index contributed by atoms with van der Waals surface area (Å²) in [6.45, 7) is 1.58. The Bertz CT molecular complexity index is 960. The van der Waals surface area contributed by atoms with E-state index in [0.29, 0.717) is 31.2 Å². The first-order valence-corrected chi connectivity index (χ1v) is 11.0. The molecule has 2 aromatic carbocycles. The van der Waals surface area contributed by atoms with Crippen molar-refractivity contribution in [2.24, 2.45) is 0 Å². The summed E-state index contributed by atoms with van der Waals surface area (Å²) >= 11 is 12.1. The van der Waals surface area contributed by atoms with E-state index in [1.54, 1.807) is 6.07 Å². The minimum atomic E-state index is -3.79. The highest BCUT2D eigenvalue weighted by Gasteiger charge is 2.29. The molecule has 150 valence electrons. The van der Waals surface area contributed by atoms with Crippen molar-refractivity contribution in [3.63, 3.8) is 0 Å². The largest absolute Gasteiger partial charge is 0.379 e. The van der Waals surface area contributed by atoms with Crippen LogP contribution in [0.2, 0.25) is 10.0 Å². The lowest BCUT2D eigenvalue weighted by molar-refractivity contribution is 0.0730. The molecule has 1 fully saturated rings. The SMILES string of the molecule is O=C(NCCc1cccc(Cl)c1)c1ccc(Cl)c(S(=O)(=O)N2CCOCC2)c1. The predicted octanol–water partition coefficient (Wildman–Crippen LogP) is 2.99. The van der Waals surface area contributed by atoms with E-state index in [0.717, 1.165) is 5.56 Å². The number of hydrogen-bond donors (Lipinski definition) is 1. The second kappa shape index (κ2) is 9.24. The standard InChI is InChI=1S/C19H20Cl2N2O4S/c20-16-3-1-2-14(12-16)6-7-22-19(24)15-4-5-17(21)18(13-15)28(25,26)23-8-10-27-11-9-23/h1-5,12-13H,6-11H2,(H,22,24). The third-order valence-electron chi connectivity index (χ3n) is 4.37. The van der Waals surface area contributed by atoms with Crippen LogP contribution in [-0.4, -0.2) is 51.5 Å². The van der Waals surface area contributed by atoms with Crippen molar-refractivity contribution in [2.75, 3.05) is 32.8 Å². The smallest absolute Gasteiger partial charge is 0.251 e. The third kappa shape index (κ3) is 5.04. The van der Waals surface area contributed by atoms with Crippen molar-refractivity contribution in [1.29, 1.82) is 0 Å². The van der Waals surface area contributed by atoms with E-state index in [2.05, 4.69) is 5.32 Å². The second-order valence-corrected chi connectivity index (χ2v) is 9.05. The number of carbonyl (C=O) groups is 1. The first kappa shape index (κ1) is 21.1. The Morgan fingerprint density at radius 2 is 1.86 bits per heavy atom. The molecule has 28 heavy (non-hydrogen) atoms. The van der Waals surface area contributed by atoms with E-state index in [9.17, 15) is 13.2 Å². The molecule has 0 spiro atoms. The Kier molecular flexibility index (Phi) is 6.95. The van der Waals surface area contributed by atoms with Gasteiger partial charge in [-0.2, -0.15) is 4.31 Å². The summed E-state index contributed by atoms with van der Waals surface area (Å²) in [7, 11) is -3.79. The topological polar surface area (TPSA) is 75.7 Å². The summed E-state index contributed by atoms with van der Waals surface area (Å²) in [5, 5.41) is 3.51. The molecule has 0 unspecified atom stereocenters. The van der Waals surface area contributed by atoms with Gasteiger partial charge in [0.1, 0.15) is 4.90 Å². The maximum Gasteiger partial charge on any atom is 0.251 e. The normalized spacial score (nSPS) is 15.4. The second-order valence-electron chi connectivity index (χ2n) is 6.30. The van der Waals surface area contributed by atoms with Gasteiger partial charge in [0, 0.05) is 30.2 Å². The average Bonchev–Trinajstić information content (AvgIpc) is 2.69. The van der Waals surface area contributed by atoms with E-state index in [1.807, 2.05) is 18.2 Å².